The molecule has 13 heavy (non-hydrogen) atoms. The van der Waals surface area contributed by atoms with Gasteiger partial charge in [-0.1, -0.05) is 19.0 Å². The summed E-state index contributed by atoms with van der Waals surface area (Å²) in [5, 5.41) is 3.90. The number of hydrogen-bond donors (Lipinski definition) is 0. The van der Waals surface area contributed by atoms with E-state index in [1.807, 2.05) is 6.92 Å². The molecule has 0 radical (unpaired) electrons. The molecule has 0 unspecified atom stereocenters. The second kappa shape index (κ2) is 2.82. The molecule has 0 amide bonds. The van der Waals surface area contributed by atoms with Crippen molar-refractivity contribution in [2.24, 2.45) is 11.3 Å². The van der Waals surface area contributed by atoms with Gasteiger partial charge in [0.05, 0.1) is 0 Å². The average Bonchev–Trinajstić information content (AvgIpc) is 2.31. The van der Waals surface area contributed by atoms with Crippen molar-refractivity contribution >= 4 is 0 Å². The Bertz CT molecular complexity index is 296. The molecule has 1 fully saturated rings. The van der Waals surface area contributed by atoms with E-state index in [1.54, 1.807) is 0 Å². The van der Waals surface area contributed by atoms with Gasteiger partial charge in [-0.25, -0.2) is 0 Å². The van der Waals surface area contributed by atoms with Crippen molar-refractivity contribution in [1.29, 1.82) is 0 Å². The molecule has 1 aliphatic carbocycles. The molecule has 0 saturated heterocycles. The maximum absolute atomic E-state index is 4.92. The van der Waals surface area contributed by atoms with Crippen LogP contribution in [0.1, 0.15) is 38.4 Å². The topological polar surface area (TPSA) is 38.9 Å². The van der Waals surface area contributed by atoms with E-state index in [0.717, 1.165) is 18.2 Å². The van der Waals surface area contributed by atoms with Crippen molar-refractivity contribution in [1.82, 2.24) is 10.1 Å². The molecule has 0 spiro atoms. The zero-order valence-electron chi connectivity index (χ0n) is 8.50. The first-order valence-corrected chi connectivity index (χ1v) is 4.84. The molecule has 0 aliphatic heterocycles. The second-order valence-corrected chi connectivity index (χ2v) is 4.87. The van der Waals surface area contributed by atoms with Gasteiger partial charge in [-0.05, 0) is 24.2 Å². The summed E-state index contributed by atoms with van der Waals surface area (Å²) in [6.07, 6.45) is 3.57. The van der Waals surface area contributed by atoms with Crippen LogP contribution in [0.5, 0.6) is 0 Å². The Hall–Kier alpha value is -0.860. The Labute approximate surface area is 78.5 Å². The number of hydrogen-bond acceptors (Lipinski definition) is 3. The van der Waals surface area contributed by atoms with Gasteiger partial charge in [0.15, 0.2) is 5.82 Å². The Morgan fingerprint density at radius 1 is 1.46 bits per heavy atom. The lowest BCUT2D eigenvalue weighted by molar-refractivity contribution is 0.0949. The van der Waals surface area contributed by atoms with Crippen molar-refractivity contribution in [3.05, 3.63) is 11.7 Å². The third-order valence-electron chi connectivity index (χ3n) is 2.72. The predicted molar refractivity (Wildman–Crippen MR) is 49.2 cm³/mol. The average molecular weight is 180 g/mol. The lowest BCUT2D eigenvalue weighted by atomic mass is 9.63. The summed E-state index contributed by atoms with van der Waals surface area (Å²) >= 11 is 0. The number of aromatic nitrogens is 2. The Balaban J connectivity index is 1.87. The summed E-state index contributed by atoms with van der Waals surface area (Å²) in [4.78, 5) is 4.20. The molecule has 1 aromatic rings. The first kappa shape index (κ1) is 8.73. The van der Waals surface area contributed by atoms with Crippen LogP contribution in [-0.4, -0.2) is 10.1 Å². The minimum atomic E-state index is 0.545. The first-order valence-electron chi connectivity index (χ1n) is 4.84. The van der Waals surface area contributed by atoms with Crippen LogP contribution in [0.4, 0.5) is 0 Å². The lowest BCUT2D eigenvalue weighted by Crippen LogP contribution is -2.32. The van der Waals surface area contributed by atoms with Crippen molar-refractivity contribution in [2.75, 3.05) is 0 Å². The van der Waals surface area contributed by atoms with Crippen LogP contribution < -0.4 is 0 Å². The fraction of sp³-hybridized carbons (Fsp3) is 0.800. The van der Waals surface area contributed by atoms with Crippen molar-refractivity contribution in [2.45, 2.75) is 40.0 Å². The molecule has 0 atom stereocenters. The van der Waals surface area contributed by atoms with Crippen LogP contribution in [-0.2, 0) is 6.42 Å². The molecule has 1 heterocycles. The maximum Gasteiger partial charge on any atom is 0.223 e. The highest BCUT2D eigenvalue weighted by molar-refractivity contribution is 4.94. The quantitative estimate of drug-likeness (QED) is 0.701. The largest absolute Gasteiger partial charge is 0.340 e. The highest BCUT2D eigenvalue weighted by atomic mass is 16.5. The zero-order chi connectivity index (χ0) is 9.47. The summed E-state index contributed by atoms with van der Waals surface area (Å²) in [5.41, 5.74) is 0.545. The van der Waals surface area contributed by atoms with Crippen LogP contribution in [0.2, 0.25) is 0 Å². The van der Waals surface area contributed by atoms with Gasteiger partial charge in [-0.2, -0.15) is 4.98 Å². The molecule has 1 aliphatic rings. The highest BCUT2D eigenvalue weighted by Crippen LogP contribution is 2.45. The van der Waals surface area contributed by atoms with E-state index < -0.39 is 0 Å². The van der Waals surface area contributed by atoms with Crippen LogP contribution in [0.3, 0.4) is 0 Å². The monoisotopic (exact) mass is 180 g/mol. The fourth-order valence-corrected chi connectivity index (χ4v) is 2.33. The third-order valence-corrected chi connectivity index (χ3v) is 2.72. The molecule has 3 nitrogen and oxygen atoms in total. The molecule has 0 N–H and O–H groups in total. The molecule has 0 aromatic carbocycles. The maximum atomic E-state index is 4.92. The summed E-state index contributed by atoms with van der Waals surface area (Å²) < 4.78 is 4.92. The number of aryl methyl sites for hydroxylation is 1. The zero-order valence-corrected chi connectivity index (χ0v) is 8.50. The van der Waals surface area contributed by atoms with Crippen molar-refractivity contribution in [3.63, 3.8) is 0 Å². The van der Waals surface area contributed by atoms with Gasteiger partial charge >= 0.3 is 0 Å². The van der Waals surface area contributed by atoms with Gasteiger partial charge in [0.2, 0.25) is 5.89 Å². The third kappa shape index (κ3) is 1.90. The van der Waals surface area contributed by atoms with Gasteiger partial charge in [0.1, 0.15) is 0 Å². The van der Waals surface area contributed by atoms with Gasteiger partial charge in [-0.15, -0.1) is 0 Å². The minimum absolute atomic E-state index is 0.545. The SMILES string of the molecule is Cc1nc(CC2CC(C)(C)C2)no1. The summed E-state index contributed by atoms with van der Waals surface area (Å²) in [7, 11) is 0. The van der Waals surface area contributed by atoms with Crippen LogP contribution in [0.15, 0.2) is 4.52 Å². The van der Waals surface area contributed by atoms with E-state index in [0.29, 0.717) is 11.3 Å². The highest BCUT2D eigenvalue weighted by Gasteiger charge is 2.36. The molecule has 3 heteroatoms. The Morgan fingerprint density at radius 3 is 2.62 bits per heavy atom. The smallest absolute Gasteiger partial charge is 0.223 e. The van der Waals surface area contributed by atoms with Gasteiger partial charge in [-0.3, -0.25) is 0 Å². The molecule has 0 bridgehead atoms. The van der Waals surface area contributed by atoms with Crippen molar-refractivity contribution in [3.8, 4) is 0 Å². The van der Waals surface area contributed by atoms with E-state index in [-0.39, 0.29) is 0 Å². The van der Waals surface area contributed by atoms with E-state index in [2.05, 4.69) is 24.0 Å². The molecule has 1 aromatic heterocycles. The van der Waals surface area contributed by atoms with E-state index in [4.69, 9.17) is 4.52 Å². The van der Waals surface area contributed by atoms with Crippen LogP contribution in [0.25, 0.3) is 0 Å². The molecule has 2 rings (SSSR count). The molecular weight excluding hydrogens is 164 g/mol. The number of nitrogens with zero attached hydrogens (tertiary/aromatic N) is 2. The van der Waals surface area contributed by atoms with Crippen LogP contribution in [0, 0.1) is 18.3 Å². The van der Waals surface area contributed by atoms with Gasteiger partial charge in [0, 0.05) is 13.3 Å². The molecule has 72 valence electrons. The normalized spacial score (nSPS) is 21.5. The lowest BCUT2D eigenvalue weighted by Gasteiger charge is -2.42. The Morgan fingerprint density at radius 2 is 2.15 bits per heavy atom. The second-order valence-electron chi connectivity index (χ2n) is 4.87. The minimum Gasteiger partial charge on any atom is -0.340 e. The van der Waals surface area contributed by atoms with E-state index >= 15 is 0 Å². The van der Waals surface area contributed by atoms with Gasteiger partial charge < -0.3 is 4.52 Å². The summed E-state index contributed by atoms with van der Waals surface area (Å²) in [5.74, 6) is 2.32. The van der Waals surface area contributed by atoms with Crippen LogP contribution >= 0.6 is 0 Å². The van der Waals surface area contributed by atoms with Gasteiger partial charge in [0.25, 0.3) is 0 Å². The predicted octanol–water partition coefficient (Wildman–Crippen LogP) is 2.36. The molecule has 1 saturated carbocycles. The Kier molecular flexibility index (Phi) is 1.90. The standard InChI is InChI=1S/C10H16N2O/c1-7-11-9(12-13-7)4-8-5-10(2,3)6-8/h8H,4-6H2,1-3H3. The van der Waals surface area contributed by atoms with E-state index in [1.165, 1.54) is 12.8 Å². The summed E-state index contributed by atoms with van der Waals surface area (Å²) in [6, 6.07) is 0. The number of rotatable bonds is 2. The van der Waals surface area contributed by atoms with E-state index in [9.17, 15) is 0 Å². The first-order chi connectivity index (χ1) is 6.05. The molecular formula is C10H16N2O. The summed E-state index contributed by atoms with van der Waals surface area (Å²) in [6.45, 7) is 6.46. The fourth-order valence-electron chi connectivity index (χ4n) is 2.33. The van der Waals surface area contributed by atoms with Crippen molar-refractivity contribution < 1.29 is 4.52 Å².